The second-order valence-corrected chi connectivity index (χ2v) is 9.93. The molecule has 1 aliphatic heterocycles. The summed E-state index contributed by atoms with van der Waals surface area (Å²) >= 11 is 1.55. The molecule has 0 radical (unpaired) electrons. The Morgan fingerprint density at radius 3 is 2.65 bits per heavy atom. The molecule has 1 amide bonds. The minimum Gasteiger partial charge on any atom is -0.495 e. The van der Waals surface area contributed by atoms with E-state index < -0.39 is 28.5 Å². The number of amides is 1. The van der Waals surface area contributed by atoms with Crippen molar-refractivity contribution in [2.24, 2.45) is 0 Å². The van der Waals surface area contributed by atoms with Gasteiger partial charge in [-0.1, -0.05) is 12.1 Å². The fourth-order valence-electron chi connectivity index (χ4n) is 3.17. The summed E-state index contributed by atoms with van der Waals surface area (Å²) in [5.41, 5.74) is 1.07. The van der Waals surface area contributed by atoms with Crippen LogP contribution in [0.3, 0.4) is 0 Å². The highest BCUT2D eigenvalue weighted by Crippen LogP contribution is 2.29. The normalized spacial score (nSPS) is 14.6. The maximum atomic E-state index is 13.1. The number of methoxy groups -OCH3 is 1. The average molecular weight is 507 g/mol. The smallest absolute Gasteiger partial charge is 0.331 e. The second-order valence-electron chi connectivity index (χ2n) is 7.15. The molecular formula is C23H26N2O7S2. The summed E-state index contributed by atoms with van der Waals surface area (Å²) in [7, 11) is -2.41. The molecule has 1 heterocycles. The largest absolute Gasteiger partial charge is 0.495 e. The molecular weight excluding hydrogens is 480 g/mol. The maximum absolute atomic E-state index is 13.1. The van der Waals surface area contributed by atoms with Crippen molar-refractivity contribution < 1.29 is 32.2 Å². The highest BCUT2D eigenvalue weighted by molar-refractivity contribution is 7.98. The molecule has 0 atom stereocenters. The van der Waals surface area contributed by atoms with Gasteiger partial charge in [-0.25, -0.2) is 13.2 Å². The van der Waals surface area contributed by atoms with Crippen molar-refractivity contribution >= 4 is 45.4 Å². The topological polar surface area (TPSA) is 111 Å². The molecule has 0 aliphatic carbocycles. The van der Waals surface area contributed by atoms with Crippen molar-refractivity contribution in [2.75, 3.05) is 51.6 Å². The molecule has 2 aromatic rings. The fourth-order valence-corrected chi connectivity index (χ4v) is 5.23. The number of anilines is 1. The minimum atomic E-state index is -3.80. The quantitative estimate of drug-likeness (QED) is 0.314. The Balaban J connectivity index is 1.62. The van der Waals surface area contributed by atoms with E-state index in [2.05, 4.69) is 5.32 Å². The fraction of sp³-hybridized carbons (Fsp3) is 0.304. The number of sulfonamides is 1. The van der Waals surface area contributed by atoms with Crippen molar-refractivity contribution in [1.82, 2.24) is 4.31 Å². The van der Waals surface area contributed by atoms with Crippen molar-refractivity contribution in [3.63, 3.8) is 0 Å². The molecule has 2 aromatic carbocycles. The van der Waals surface area contributed by atoms with Crippen LogP contribution in [0.15, 0.2) is 58.3 Å². The van der Waals surface area contributed by atoms with Crippen molar-refractivity contribution in [3.8, 4) is 5.75 Å². The number of nitrogens with one attached hydrogen (secondary N) is 1. The summed E-state index contributed by atoms with van der Waals surface area (Å²) in [5, 5.41) is 2.67. The van der Waals surface area contributed by atoms with Gasteiger partial charge in [0.1, 0.15) is 10.6 Å². The molecule has 1 fully saturated rings. The lowest BCUT2D eigenvalue weighted by molar-refractivity contribution is -0.142. The lowest BCUT2D eigenvalue weighted by Gasteiger charge is -2.26. The van der Waals surface area contributed by atoms with Gasteiger partial charge in [0.15, 0.2) is 6.61 Å². The summed E-state index contributed by atoms with van der Waals surface area (Å²) in [6, 6.07) is 11.9. The molecule has 0 saturated carbocycles. The Morgan fingerprint density at radius 2 is 1.94 bits per heavy atom. The van der Waals surface area contributed by atoms with E-state index in [1.807, 2.05) is 24.5 Å². The van der Waals surface area contributed by atoms with Gasteiger partial charge in [0, 0.05) is 29.7 Å². The molecule has 0 aromatic heterocycles. The van der Waals surface area contributed by atoms with Gasteiger partial charge in [0.05, 0.1) is 20.3 Å². The monoisotopic (exact) mass is 506 g/mol. The van der Waals surface area contributed by atoms with E-state index in [4.69, 9.17) is 14.2 Å². The van der Waals surface area contributed by atoms with Gasteiger partial charge in [0.25, 0.3) is 5.91 Å². The zero-order valence-corrected chi connectivity index (χ0v) is 20.5. The molecule has 1 N–H and O–H groups in total. The van der Waals surface area contributed by atoms with Crippen LogP contribution in [0.1, 0.15) is 5.56 Å². The third kappa shape index (κ3) is 6.83. The summed E-state index contributed by atoms with van der Waals surface area (Å²) < 4.78 is 42.9. The van der Waals surface area contributed by atoms with Crippen molar-refractivity contribution in [1.29, 1.82) is 0 Å². The van der Waals surface area contributed by atoms with Gasteiger partial charge in [0.2, 0.25) is 10.0 Å². The number of benzene rings is 2. The number of morpholine rings is 1. The highest BCUT2D eigenvalue weighted by atomic mass is 32.2. The molecule has 1 aliphatic rings. The third-order valence-electron chi connectivity index (χ3n) is 4.89. The van der Waals surface area contributed by atoms with Crippen LogP contribution < -0.4 is 10.1 Å². The van der Waals surface area contributed by atoms with Crippen LogP contribution in [-0.2, 0) is 29.1 Å². The second kappa shape index (κ2) is 12.0. The first kappa shape index (κ1) is 25.8. The third-order valence-corrected chi connectivity index (χ3v) is 7.53. The van der Waals surface area contributed by atoms with Gasteiger partial charge in [-0.3, -0.25) is 4.79 Å². The number of nitrogens with zero attached hydrogens (tertiary/aromatic N) is 1. The Morgan fingerprint density at radius 1 is 1.18 bits per heavy atom. The summed E-state index contributed by atoms with van der Waals surface area (Å²) in [6.45, 7) is 0.697. The lowest BCUT2D eigenvalue weighted by Crippen LogP contribution is -2.40. The van der Waals surface area contributed by atoms with Crippen LogP contribution in [0.4, 0.5) is 5.69 Å². The van der Waals surface area contributed by atoms with E-state index in [-0.39, 0.29) is 23.7 Å². The number of hydrogen-bond donors (Lipinski definition) is 1. The standard InChI is InChI=1S/C23H26N2O7S2/c1-30-20-8-6-17(14-21(20)34(28,29)25-10-12-31-13-11-25)7-9-23(27)32-16-22(26)24-18-4-3-5-19(15-18)33-2/h3-9,14-15H,10-13,16H2,1-2H3,(H,24,26)/b9-7+. The van der Waals surface area contributed by atoms with E-state index in [1.54, 1.807) is 23.9 Å². The molecule has 11 heteroatoms. The van der Waals surface area contributed by atoms with Crippen LogP contribution >= 0.6 is 11.8 Å². The number of carbonyl (C=O) groups is 2. The number of carbonyl (C=O) groups excluding carboxylic acids is 2. The number of rotatable bonds is 9. The van der Waals surface area contributed by atoms with E-state index >= 15 is 0 Å². The van der Waals surface area contributed by atoms with Crippen LogP contribution in [0.5, 0.6) is 5.75 Å². The van der Waals surface area contributed by atoms with Gasteiger partial charge in [-0.15, -0.1) is 11.8 Å². The molecule has 182 valence electrons. The number of ether oxygens (including phenoxy) is 3. The van der Waals surface area contributed by atoms with Crippen LogP contribution in [0, 0.1) is 0 Å². The van der Waals surface area contributed by atoms with Gasteiger partial charge < -0.3 is 19.5 Å². The zero-order chi connectivity index (χ0) is 24.6. The maximum Gasteiger partial charge on any atom is 0.331 e. The molecule has 34 heavy (non-hydrogen) atoms. The Bertz CT molecular complexity index is 1160. The summed E-state index contributed by atoms with van der Waals surface area (Å²) in [6.07, 6.45) is 4.48. The first-order valence-corrected chi connectivity index (χ1v) is 13.0. The Kier molecular flexibility index (Phi) is 9.11. The Labute approximate surface area is 203 Å². The number of thioether (sulfide) groups is 1. The SMILES string of the molecule is COc1ccc(/C=C/C(=O)OCC(=O)Nc2cccc(SC)c2)cc1S(=O)(=O)N1CCOCC1. The van der Waals surface area contributed by atoms with E-state index in [0.717, 1.165) is 11.0 Å². The number of esters is 1. The van der Waals surface area contributed by atoms with E-state index in [0.29, 0.717) is 24.5 Å². The predicted molar refractivity (Wildman–Crippen MR) is 129 cm³/mol. The van der Waals surface area contributed by atoms with Gasteiger partial charge in [-0.05, 0) is 48.2 Å². The van der Waals surface area contributed by atoms with Crippen LogP contribution in [0.2, 0.25) is 0 Å². The molecule has 9 nitrogen and oxygen atoms in total. The average Bonchev–Trinajstić information content (AvgIpc) is 2.86. The predicted octanol–water partition coefficient (Wildman–Crippen LogP) is 2.63. The van der Waals surface area contributed by atoms with E-state index in [9.17, 15) is 18.0 Å². The van der Waals surface area contributed by atoms with Crippen molar-refractivity contribution in [3.05, 3.63) is 54.1 Å². The van der Waals surface area contributed by atoms with Gasteiger partial charge in [-0.2, -0.15) is 4.31 Å². The van der Waals surface area contributed by atoms with Crippen LogP contribution in [0.25, 0.3) is 6.08 Å². The first-order chi connectivity index (χ1) is 16.3. The first-order valence-electron chi connectivity index (χ1n) is 10.4. The summed E-state index contributed by atoms with van der Waals surface area (Å²) in [5.74, 6) is -1.00. The van der Waals surface area contributed by atoms with Crippen molar-refractivity contribution in [2.45, 2.75) is 9.79 Å². The lowest BCUT2D eigenvalue weighted by atomic mass is 10.2. The molecule has 0 spiro atoms. The molecule has 1 saturated heterocycles. The molecule has 0 unspecified atom stereocenters. The zero-order valence-electron chi connectivity index (χ0n) is 18.9. The van der Waals surface area contributed by atoms with Crippen LogP contribution in [-0.4, -0.2) is 70.9 Å². The van der Waals surface area contributed by atoms with E-state index in [1.165, 1.54) is 29.6 Å². The minimum absolute atomic E-state index is 0.000678. The van der Waals surface area contributed by atoms with Gasteiger partial charge >= 0.3 is 5.97 Å². The number of hydrogen-bond acceptors (Lipinski definition) is 8. The highest BCUT2D eigenvalue weighted by Gasteiger charge is 2.29. The summed E-state index contributed by atoms with van der Waals surface area (Å²) in [4.78, 5) is 25.1. The Hall–Kier alpha value is -2.86. The molecule has 3 rings (SSSR count). The molecule has 0 bridgehead atoms.